The molecule has 33 heavy (non-hydrogen) atoms. The highest BCUT2D eigenvalue weighted by molar-refractivity contribution is 5.25. The summed E-state index contributed by atoms with van der Waals surface area (Å²) in [5, 5.41) is 0. The fourth-order valence-corrected chi connectivity index (χ4v) is 9.69. The van der Waals surface area contributed by atoms with Gasteiger partial charge in [0, 0.05) is 0 Å². The molecular formula is C33H56. The Kier molecular flexibility index (Phi) is 7.92. The van der Waals surface area contributed by atoms with E-state index in [2.05, 4.69) is 66.7 Å². The van der Waals surface area contributed by atoms with Gasteiger partial charge in [-0.05, 0) is 123 Å². The van der Waals surface area contributed by atoms with Crippen molar-refractivity contribution in [3.8, 4) is 0 Å². The van der Waals surface area contributed by atoms with Gasteiger partial charge in [-0.25, -0.2) is 0 Å². The molecular weight excluding hydrogens is 396 g/mol. The first-order chi connectivity index (χ1) is 15.7. The van der Waals surface area contributed by atoms with Crippen LogP contribution in [0, 0.1) is 58.2 Å². The first kappa shape index (κ1) is 25.6. The van der Waals surface area contributed by atoms with Gasteiger partial charge in [-0.15, -0.1) is 0 Å². The molecule has 0 aromatic rings. The van der Waals surface area contributed by atoms with Crippen LogP contribution in [0.4, 0.5) is 0 Å². The third-order valence-electron chi connectivity index (χ3n) is 11.9. The molecule has 0 saturated heterocycles. The van der Waals surface area contributed by atoms with Crippen LogP contribution in [0.1, 0.15) is 126 Å². The normalized spacial score (nSPS) is 42.5. The standard InChI is InChI=1S/C33H56/c1-8-11-25(13-10-12-23(3)4)29-16-17-30-28-15-14-27-22-26(24(5)9-2)18-20-32(27,6)31(28)19-21-33(29,30)7/h8,11,14,23-26,28-31H,9-10,12-13,15-22H2,1-7H3/b11-8+/t24?,25-,26+,28?,29-,30+,31+,32+,33-/m1/s1. The summed E-state index contributed by atoms with van der Waals surface area (Å²) in [5.74, 6) is 7.33. The molecule has 3 fully saturated rings. The lowest BCUT2D eigenvalue weighted by atomic mass is 9.46. The van der Waals surface area contributed by atoms with Gasteiger partial charge in [-0.3, -0.25) is 0 Å². The smallest absolute Gasteiger partial charge is 0.00851 e. The van der Waals surface area contributed by atoms with Crippen LogP contribution < -0.4 is 0 Å². The lowest BCUT2D eigenvalue weighted by Gasteiger charge is -2.59. The van der Waals surface area contributed by atoms with E-state index >= 15 is 0 Å². The number of rotatable bonds is 8. The molecule has 0 heterocycles. The number of hydrogen-bond acceptors (Lipinski definition) is 0. The Morgan fingerprint density at radius 1 is 1.00 bits per heavy atom. The topological polar surface area (TPSA) is 0 Å². The third kappa shape index (κ3) is 4.68. The van der Waals surface area contributed by atoms with Crippen molar-refractivity contribution in [3.63, 3.8) is 0 Å². The van der Waals surface area contributed by atoms with Gasteiger partial charge in [0.1, 0.15) is 0 Å². The molecule has 4 aliphatic rings. The van der Waals surface area contributed by atoms with E-state index in [1.54, 1.807) is 0 Å². The summed E-state index contributed by atoms with van der Waals surface area (Å²) in [4.78, 5) is 0. The first-order valence-corrected chi connectivity index (χ1v) is 15.1. The Morgan fingerprint density at radius 3 is 2.48 bits per heavy atom. The largest absolute Gasteiger partial charge is 0.0914 e. The molecule has 0 nitrogen and oxygen atoms in total. The summed E-state index contributed by atoms with van der Waals surface area (Å²) in [6.07, 6.45) is 25.1. The molecule has 0 N–H and O–H groups in total. The second-order valence-corrected chi connectivity index (χ2v) is 13.9. The van der Waals surface area contributed by atoms with Crippen LogP contribution in [0.3, 0.4) is 0 Å². The van der Waals surface area contributed by atoms with Gasteiger partial charge in [0.15, 0.2) is 0 Å². The predicted octanol–water partition coefficient (Wildman–Crippen LogP) is 10.2. The molecule has 0 radical (unpaired) electrons. The molecule has 0 heteroatoms. The molecule has 0 aliphatic heterocycles. The van der Waals surface area contributed by atoms with E-state index in [-0.39, 0.29) is 0 Å². The second-order valence-electron chi connectivity index (χ2n) is 13.9. The Hall–Kier alpha value is -0.520. The van der Waals surface area contributed by atoms with Crippen molar-refractivity contribution < 1.29 is 0 Å². The highest BCUT2D eigenvalue weighted by Gasteiger charge is 2.59. The van der Waals surface area contributed by atoms with Crippen molar-refractivity contribution in [2.45, 2.75) is 126 Å². The average molecular weight is 453 g/mol. The van der Waals surface area contributed by atoms with Crippen molar-refractivity contribution in [2.75, 3.05) is 0 Å². The van der Waals surface area contributed by atoms with Gasteiger partial charge in [0.05, 0.1) is 0 Å². The van der Waals surface area contributed by atoms with Crippen LogP contribution in [-0.4, -0.2) is 0 Å². The summed E-state index contributed by atoms with van der Waals surface area (Å²) in [6, 6.07) is 0. The average Bonchev–Trinajstić information content (AvgIpc) is 3.14. The van der Waals surface area contributed by atoms with E-state index in [9.17, 15) is 0 Å². The minimum absolute atomic E-state index is 0.520. The molecule has 9 atom stereocenters. The van der Waals surface area contributed by atoms with Crippen molar-refractivity contribution in [3.05, 3.63) is 23.8 Å². The SMILES string of the molecule is C/C=C/[C@H](CCCC(C)C)[C@H]1CC[C@H]2C3CC=C4C[C@@H](C(C)CC)CC[C@]4(C)[C@H]3CC[C@]12C. The minimum Gasteiger partial charge on any atom is -0.0914 e. The summed E-state index contributed by atoms with van der Waals surface area (Å²) < 4.78 is 0. The Morgan fingerprint density at radius 2 is 1.79 bits per heavy atom. The molecule has 0 bridgehead atoms. The van der Waals surface area contributed by atoms with Crippen LogP contribution in [0.25, 0.3) is 0 Å². The summed E-state index contributed by atoms with van der Waals surface area (Å²) >= 11 is 0. The summed E-state index contributed by atoms with van der Waals surface area (Å²) in [5.41, 5.74) is 2.99. The van der Waals surface area contributed by atoms with Crippen LogP contribution in [0.2, 0.25) is 0 Å². The molecule has 188 valence electrons. The quantitative estimate of drug-likeness (QED) is 0.321. The van der Waals surface area contributed by atoms with Crippen molar-refractivity contribution in [2.24, 2.45) is 58.2 Å². The van der Waals surface area contributed by atoms with E-state index in [1.807, 2.05) is 5.57 Å². The van der Waals surface area contributed by atoms with Gasteiger partial charge in [0.25, 0.3) is 0 Å². The molecule has 0 aromatic heterocycles. The molecule has 0 spiro atoms. The lowest BCUT2D eigenvalue weighted by molar-refractivity contribution is -0.0522. The Balaban J connectivity index is 1.51. The van der Waals surface area contributed by atoms with Gasteiger partial charge in [0.2, 0.25) is 0 Å². The highest BCUT2D eigenvalue weighted by Crippen LogP contribution is 2.68. The maximum atomic E-state index is 2.79. The number of fused-ring (bicyclic) bond motifs is 5. The maximum Gasteiger partial charge on any atom is -0.00851 e. The van der Waals surface area contributed by atoms with Gasteiger partial charge >= 0.3 is 0 Å². The van der Waals surface area contributed by atoms with Gasteiger partial charge in [-0.2, -0.15) is 0 Å². The number of hydrogen-bond donors (Lipinski definition) is 0. The van der Waals surface area contributed by atoms with Gasteiger partial charge in [-0.1, -0.05) is 84.6 Å². The monoisotopic (exact) mass is 452 g/mol. The fourth-order valence-electron chi connectivity index (χ4n) is 9.69. The molecule has 0 aromatic carbocycles. The summed E-state index contributed by atoms with van der Waals surface area (Å²) in [7, 11) is 0. The highest BCUT2D eigenvalue weighted by atomic mass is 14.6. The zero-order chi connectivity index (χ0) is 23.8. The summed E-state index contributed by atoms with van der Waals surface area (Å²) in [6.45, 7) is 17.4. The fraction of sp³-hybridized carbons (Fsp3) is 0.879. The van der Waals surface area contributed by atoms with E-state index in [4.69, 9.17) is 0 Å². The first-order valence-electron chi connectivity index (χ1n) is 15.1. The zero-order valence-corrected chi connectivity index (χ0v) is 23.3. The third-order valence-corrected chi connectivity index (χ3v) is 11.9. The van der Waals surface area contributed by atoms with E-state index in [1.165, 1.54) is 77.0 Å². The predicted molar refractivity (Wildman–Crippen MR) is 145 cm³/mol. The van der Waals surface area contributed by atoms with E-state index < -0.39 is 0 Å². The van der Waals surface area contributed by atoms with Crippen LogP contribution in [0.15, 0.2) is 23.8 Å². The molecule has 4 rings (SSSR count). The molecule has 0 amide bonds. The van der Waals surface area contributed by atoms with E-state index in [0.717, 1.165) is 47.3 Å². The van der Waals surface area contributed by atoms with Crippen molar-refractivity contribution in [1.29, 1.82) is 0 Å². The molecule has 2 unspecified atom stereocenters. The number of allylic oxidation sites excluding steroid dienone is 4. The molecule has 4 aliphatic carbocycles. The van der Waals surface area contributed by atoms with Crippen LogP contribution >= 0.6 is 0 Å². The van der Waals surface area contributed by atoms with Crippen LogP contribution in [-0.2, 0) is 0 Å². The van der Waals surface area contributed by atoms with Crippen molar-refractivity contribution in [1.82, 2.24) is 0 Å². The Bertz CT molecular complexity index is 712. The maximum absolute atomic E-state index is 2.79. The lowest BCUT2D eigenvalue weighted by Crippen LogP contribution is -2.50. The van der Waals surface area contributed by atoms with E-state index in [0.29, 0.717) is 10.8 Å². The molecule has 3 saturated carbocycles. The zero-order valence-electron chi connectivity index (χ0n) is 23.3. The second kappa shape index (κ2) is 10.2. The van der Waals surface area contributed by atoms with Gasteiger partial charge < -0.3 is 0 Å². The van der Waals surface area contributed by atoms with Crippen LogP contribution in [0.5, 0.6) is 0 Å². The minimum atomic E-state index is 0.520. The van der Waals surface area contributed by atoms with Crippen molar-refractivity contribution >= 4 is 0 Å². The Labute approximate surface area is 207 Å².